The first-order chi connectivity index (χ1) is 9.47. The third-order valence-corrected chi connectivity index (χ3v) is 4.43. The second-order valence-corrected chi connectivity index (χ2v) is 6.41. The van der Waals surface area contributed by atoms with Gasteiger partial charge in [0.15, 0.2) is 0 Å². The van der Waals surface area contributed by atoms with Crippen LogP contribution in [0.3, 0.4) is 0 Å². The van der Waals surface area contributed by atoms with Crippen LogP contribution in [0.5, 0.6) is 0 Å². The van der Waals surface area contributed by atoms with Gasteiger partial charge in [0.25, 0.3) is 5.91 Å². The summed E-state index contributed by atoms with van der Waals surface area (Å²) in [7, 11) is 0. The van der Waals surface area contributed by atoms with Crippen LogP contribution in [-0.4, -0.2) is 17.4 Å². The van der Waals surface area contributed by atoms with Crippen LogP contribution in [0.1, 0.15) is 26.6 Å². The molecule has 0 aliphatic heterocycles. The summed E-state index contributed by atoms with van der Waals surface area (Å²) in [5, 5.41) is 5.95. The quantitative estimate of drug-likeness (QED) is 0.830. The summed E-state index contributed by atoms with van der Waals surface area (Å²) in [5.41, 5.74) is 8.90. The fourth-order valence-electron chi connectivity index (χ4n) is 1.83. The van der Waals surface area contributed by atoms with Gasteiger partial charge in [-0.05, 0) is 31.5 Å². The Balaban J connectivity index is 1.98. The molecule has 0 aliphatic rings. The predicted molar refractivity (Wildman–Crippen MR) is 86.2 cm³/mol. The Morgan fingerprint density at radius 1 is 1.45 bits per heavy atom. The number of hydrogen-bond donors (Lipinski definition) is 2. The second kappa shape index (κ2) is 6.37. The fraction of sp³-hybridized carbons (Fsp3) is 0.286. The van der Waals surface area contributed by atoms with E-state index in [2.05, 4.69) is 26.2 Å². The van der Waals surface area contributed by atoms with Crippen molar-refractivity contribution < 1.29 is 4.79 Å². The Labute approximate surface area is 130 Å². The molecule has 20 heavy (non-hydrogen) atoms. The van der Waals surface area contributed by atoms with Crippen molar-refractivity contribution in [3.63, 3.8) is 0 Å². The highest BCUT2D eigenvalue weighted by Gasteiger charge is 2.12. The van der Waals surface area contributed by atoms with Crippen molar-refractivity contribution >= 4 is 38.9 Å². The van der Waals surface area contributed by atoms with Crippen molar-refractivity contribution in [3.05, 3.63) is 43.8 Å². The molecule has 0 saturated carbocycles. The monoisotopic (exact) mass is 353 g/mol. The molecule has 0 atom stereocenters. The minimum absolute atomic E-state index is 0.108. The zero-order valence-corrected chi connectivity index (χ0v) is 13.8. The normalized spacial score (nSPS) is 10.6. The van der Waals surface area contributed by atoms with Crippen molar-refractivity contribution in [2.24, 2.45) is 0 Å². The number of carbonyl (C=O) groups excluding carboxylic acids is 1. The van der Waals surface area contributed by atoms with Gasteiger partial charge in [-0.25, -0.2) is 4.98 Å². The van der Waals surface area contributed by atoms with Crippen molar-refractivity contribution in [2.45, 2.75) is 20.3 Å². The summed E-state index contributed by atoms with van der Waals surface area (Å²) >= 11 is 4.97. The molecule has 0 unspecified atom stereocenters. The summed E-state index contributed by atoms with van der Waals surface area (Å²) in [6.45, 7) is 4.38. The van der Waals surface area contributed by atoms with Gasteiger partial charge in [-0.3, -0.25) is 4.79 Å². The molecule has 4 nitrogen and oxygen atoms in total. The highest BCUT2D eigenvalue weighted by atomic mass is 79.9. The number of carbonyl (C=O) groups is 1. The molecule has 2 aromatic rings. The molecule has 2 rings (SSSR count). The van der Waals surface area contributed by atoms with E-state index in [0.717, 1.165) is 27.2 Å². The van der Waals surface area contributed by atoms with E-state index in [1.54, 1.807) is 23.5 Å². The van der Waals surface area contributed by atoms with Crippen LogP contribution in [-0.2, 0) is 6.42 Å². The maximum absolute atomic E-state index is 12.2. The molecular formula is C14H16BrN3OS. The topological polar surface area (TPSA) is 68.0 Å². The number of aryl methyl sites for hydroxylation is 1. The molecule has 106 valence electrons. The van der Waals surface area contributed by atoms with Gasteiger partial charge < -0.3 is 11.1 Å². The Morgan fingerprint density at radius 3 is 2.85 bits per heavy atom. The summed E-state index contributed by atoms with van der Waals surface area (Å²) in [5.74, 6) is -0.108. The van der Waals surface area contributed by atoms with Gasteiger partial charge in [-0.2, -0.15) is 0 Å². The number of nitrogens with zero attached hydrogens (tertiary/aromatic N) is 1. The molecule has 0 radical (unpaired) electrons. The molecule has 1 aromatic carbocycles. The van der Waals surface area contributed by atoms with Gasteiger partial charge >= 0.3 is 0 Å². The second-order valence-electron chi connectivity index (χ2n) is 4.56. The molecule has 1 aromatic heterocycles. The lowest BCUT2D eigenvalue weighted by atomic mass is 10.1. The Hall–Kier alpha value is -1.40. The smallest absolute Gasteiger partial charge is 0.251 e. The summed E-state index contributed by atoms with van der Waals surface area (Å²) < 4.78 is 0.807. The Morgan fingerprint density at radius 2 is 2.20 bits per heavy atom. The molecule has 0 fully saturated rings. The maximum atomic E-state index is 12.2. The van der Waals surface area contributed by atoms with Crippen LogP contribution < -0.4 is 11.1 Å². The largest absolute Gasteiger partial charge is 0.398 e. The van der Waals surface area contributed by atoms with E-state index >= 15 is 0 Å². The van der Waals surface area contributed by atoms with Crippen LogP contribution in [0.4, 0.5) is 5.69 Å². The van der Waals surface area contributed by atoms with Crippen molar-refractivity contribution in [1.82, 2.24) is 10.3 Å². The Kier molecular flexibility index (Phi) is 4.77. The van der Waals surface area contributed by atoms with E-state index in [1.165, 1.54) is 0 Å². The highest BCUT2D eigenvalue weighted by molar-refractivity contribution is 9.10. The number of aromatic nitrogens is 1. The van der Waals surface area contributed by atoms with Crippen LogP contribution >= 0.6 is 27.3 Å². The van der Waals surface area contributed by atoms with Crippen LogP contribution in [0.25, 0.3) is 0 Å². The lowest BCUT2D eigenvalue weighted by Gasteiger charge is -2.10. The average Bonchev–Trinajstić information content (AvgIpc) is 2.79. The first-order valence-electron chi connectivity index (χ1n) is 6.22. The molecule has 1 heterocycles. The molecule has 3 N–H and O–H groups in total. The SMILES string of the molecule is Cc1csc(CCNC(=O)c2cc(Br)cc(N)c2C)n1. The van der Waals surface area contributed by atoms with Crippen LogP contribution in [0, 0.1) is 13.8 Å². The van der Waals surface area contributed by atoms with Crippen molar-refractivity contribution in [3.8, 4) is 0 Å². The van der Waals surface area contributed by atoms with Gasteiger partial charge in [0.1, 0.15) is 0 Å². The molecule has 0 aliphatic carbocycles. The first-order valence-corrected chi connectivity index (χ1v) is 7.89. The summed E-state index contributed by atoms with van der Waals surface area (Å²) in [6, 6.07) is 3.58. The Bertz CT molecular complexity index is 639. The summed E-state index contributed by atoms with van der Waals surface area (Å²) in [6.07, 6.45) is 0.743. The number of nitrogen functional groups attached to an aromatic ring is 1. The van der Waals surface area contributed by atoms with Crippen LogP contribution in [0.15, 0.2) is 22.0 Å². The van der Waals surface area contributed by atoms with E-state index in [-0.39, 0.29) is 5.91 Å². The highest BCUT2D eigenvalue weighted by Crippen LogP contribution is 2.22. The zero-order valence-electron chi connectivity index (χ0n) is 11.4. The van der Waals surface area contributed by atoms with E-state index in [1.807, 2.05) is 19.2 Å². The van der Waals surface area contributed by atoms with Crippen molar-refractivity contribution in [1.29, 1.82) is 0 Å². The average molecular weight is 354 g/mol. The molecule has 6 heteroatoms. The van der Waals surface area contributed by atoms with E-state index in [4.69, 9.17) is 5.73 Å². The summed E-state index contributed by atoms with van der Waals surface area (Å²) in [4.78, 5) is 16.5. The first kappa shape index (κ1) is 15.0. The van der Waals surface area contributed by atoms with Gasteiger partial charge in [0.2, 0.25) is 0 Å². The molecule has 0 spiro atoms. The lowest BCUT2D eigenvalue weighted by molar-refractivity contribution is 0.0953. The zero-order chi connectivity index (χ0) is 14.7. The van der Waals surface area contributed by atoms with Gasteiger partial charge in [-0.1, -0.05) is 15.9 Å². The number of rotatable bonds is 4. The lowest BCUT2D eigenvalue weighted by Crippen LogP contribution is -2.26. The molecule has 0 bridgehead atoms. The molecule has 1 amide bonds. The van der Waals surface area contributed by atoms with E-state index in [0.29, 0.717) is 17.8 Å². The minimum atomic E-state index is -0.108. The number of anilines is 1. The predicted octanol–water partition coefficient (Wildman–Crippen LogP) is 3.08. The number of halogens is 1. The van der Waals surface area contributed by atoms with E-state index < -0.39 is 0 Å². The third-order valence-electron chi connectivity index (χ3n) is 2.95. The standard InChI is InChI=1S/C14H16BrN3OS/c1-8-7-20-13(18-8)3-4-17-14(19)11-5-10(15)6-12(16)9(11)2/h5-7H,3-4,16H2,1-2H3,(H,17,19). The number of nitrogens with one attached hydrogen (secondary N) is 1. The number of amides is 1. The number of hydrogen-bond acceptors (Lipinski definition) is 4. The minimum Gasteiger partial charge on any atom is -0.398 e. The maximum Gasteiger partial charge on any atom is 0.251 e. The van der Waals surface area contributed by atoms with Gasteiger partial charge in [0, 0.05) is 39.8 Å². The fourth-order valence-corrected chi connectivity index (χ4v) is 3.08. The van der Waals surface area contributed by atoms with Crippen molar-refractivity contribution in [2.75, 3.05) is 12.3 Å². The van der Waals surface area contributed by atoms with Gasteiger partial charge in [0.05, 0.1) is 5.01 Å². The van der Waals surface area contributed by atoms with Gasteiger partial charge in [-0.15, -0.1) is 11.3 Å². The molecule has 0 saturated heterocycles. The third kappa shape index (κ3) is 3.58. The number of thiazole rings is 1. The van der Waals surface area contributed by atoms with E-state index in [9.17, 15) is 4.79 Å². The molecular weight excluding hydrogens is 338 g/mol. The van der Waals surface area contributed by atoms with Crippen LogP contribution in [0.2, 0.25) is 0 Å². The number of benzene rings is 1. The number of nitrogens with two attached hydrogens (primary N) is 1.